The van der Waals surface area contributed by atoms with Crippen LogP contribution in [0.15, 0.2) is 28.7 Å². The highest BCUT2D eigenvalue weighted by Crippen LogP contribution is 2.28. The van der Waals surface area contributed by atoms with E-state index in [1.54, 1.807) is 0 Å². The minimum absolute atomic E-state index is 0.0587. The molecule has 1 atom stereocenters. The minimum Gasteiger partial charge on any atom is -0.369 e. The average molecular weight is 270 g/mol. The van der Waals surface area contributed by atoms with E-state index in [-0.39, 0.29) is 6.10 Å². The van der Waals surface area contributed by atoms with Crippen molar-refractivity contribution >= 4 is 15.9 Å². The number of nitrogens with two attached hydrogens (primary N) is 1. The normalized spacial score (nSPS) is 18.5. The maximum Gasteiger partial charge on any atom is 0.0950 e. The van der Waals surface area contributed by atoms with Crippen LogP contribution in [0, 0.1) is 0 Å². The zero-order valence-electron chi connectivity index (χ0n) is 8.66. The van der Waals surface area contributed by atoms with Gasteiger partial charge in [-0.15, -0.1) is 0 Å². The third-order valence-corrected chi connectivity index (χ3v) is 3.39. The third-order valence-electron chi connectivity index (χ3n) is 2.86. The molecule has 15 heavy (non-hydrogen) atoms. The van der Waals surface area contributed by atoms with Crippen LogP contribution in [-0.4, -0.2) is 12.6 Å². The average Bonchev–Trinajstić information content (AvgIpc) is 2.19. The first-order valence-electron chi connectivity index (χ1n) is 5.40. The molecule has 0 spiro atoms. The molecule has 2 N–H and O–H groups in total. The predicted octanol–water partition coefficient (Wildman–Crippen LogP) is 3.02. The Morgan fingerprint density at radius 1 is 1.33 bits per heavy atom. The van der Waals surface area contributed by atoms with Gasteiger partial charge in [-0.05, 0) is 37.0 Å². The lowest BCUT2D eigenvalue weighted by atomic mass is 9.95. The number of hydrogen-bond acceptors (Lipinski definition) is 2. The maximum atomic E-state index is 5.92. The fourth-order valence-corrected chi connectivity index (χ4v) is 1.95. The number of hydrogen-bond donors (Lipinski definition) is 1. The number of ether oxygens (including phenoxy) is 1. The van der Waals surface area contributed by atoms with Crippen molar-refractivity contribution in [1.29, 1.82) is 0 Å². The molecule has 0 aliphatic heterocycles. The van der Waals surface area contributed by atoms with Gasteiger partial charge in [0, 0.05) is 11.0 Å². The van der Waals surface area contributed by atoms with E-state index in [1.807, 2.05) is 12.1 Å². The first kappa shape index (κ1) is 11.1. The van der Waals surface area contributed by atoms with E-state index in [2.05, 4.69) is 28.1 Å². The van der Waals surface area contributed by atoms with Gasteiger partial charge >= 0.3 is 0 Å². The first-order chi connectivity index (χ1) is 7.29. The first-order valence-corrected chi connectivity index (χ1v) is 6.20. The van der Waals surface area contributed by atoms with Gasteiger partial charge in [-0.2, -0.15) is 0 Å². The Morgan fingerprint density at radius 2 is 2.00 bits per heavy atom. The highest BCUT2D eigenvalue weighted by Gasteiger charge is 2.22. The third kappa shape index (κ3) is 2.80. The topological polar surface area (TPSA) is 35.2 Å². The van der Waals surface area contributed by atoms with Gasteiger partial charge in [0.25, 0.3) is 0 Å². The van der Waals surface area contributed by atoms with Crippen molar-refractivity contribution in [3.8, 4) is 0 Å². The molecule has 0 radical (unpaired) electrons. The molecule has 0 bridgehead atoms. The smallest absolute Gasteiger partial charge is 0.0950 e. The summed E-state index contributed by atoms with van der Waals surface area (Å²) in [4.78, 5) is 0. The molecule has 1 aliphatic carbocycles. The SMILES string of the molecule is NCC(OC1CCC1)c1ccc(Br)cc1. The molecular formula is C12H16BrNO. The monoisotopic (exact) mass is 269 g/mol. The Kier molecular flexibility index (Phi) is 3.78. The van der Waals surface area contributed by atoms with Crippen LogP contribution >= 0.6 is 15.9 Å². The Hall–Kier alpha value is -0.380. The largest absolute Gasteiger partial charge is 0.369 e. The Balaban J connectivity index is 2.01. The summed E-state index contributed by atoms with van der Waals surface area (Å²) in [6.45, 7) is 0.554. The second kappa shape index (κ2) is 5.10. The van der Waals surface area contributed by atoms with Gasteiger partial charge in [0.05, 0.1) is 12.2 Å². The van der Waals surface area contributed by atoms with Crippen LogP contribution in [0.4, 0.5) is 0 Å². The lowest BCUT2D eigenvalue weighted by Gasteiger charge is -2.30. The van der Waals surface area contributed by atoms with E-state index < -0.39 is 0 Å². The number of rotatable bonds is 4. The molecule has 1 aromatic carbocycles. The summed E-state index contributed by atoms with van der Waals surface area (Å²) in [5.41, 5.74) is 6.91. The van der Waals surface area contributed by atoms with Crippen LogP contribution in [0.3, 0.4) is 0 Å². The molecule has 82 valence electrons. The van der Waals surface area contributed by atoms with Gasteiger partial charge < -0.3 is 10.5 Å². The van der Waals surface area contributed by atoms with Crippen LogP contribution < -0.4 is 5.73 Å². The van der Waals surface area contributed by atoms with Gasteiger partial charge in [-0.1, -0.05) is 28.1 Å². The van der Waals surface area contributed by atoms with Crippen LogP contribution in [0.25, 0.3) is 0 Å². The van der Waals surface area contributed by atoms with E-state index in [0.717, 1.165) is 4.47 Å². The molecule has 2 rings (SSSR count). The van der Waals surface area contributed by atoms with E-state index in [4.69, 9.17) is 10.5 Å². The summed E-state index contributed by atoms with van der Waals surface area (Å²) >= 11 is 3.42. The van der Waals surface area contributed by atoms with Crippen LogP contribution in [0.1, 0.15) is 30.9 Å². The quantitative estimate of drug-likeness (QED) is 0.912. The molecule has 2 nitrogen and oxygen atoms in total. The van der Waals surface area contributed by atoms with Crippen LogP contribution in [0.2, 0.25) is 0 Å². The molecular weight excluding hydrogens is 254 g/mol. The lowest BCUT2D eigenvalue weighted by Crippen LogP contribution is -2.27. The second-order valence-corrected chi connectivity index (χ2v) is 4.88. The van der Waals surface area contributed by atoms with E-state index in [0.29, 0.717) is 12.6 Å². The fourth-order valence-electron chi connectivity index (χ4n) is 1.69. The summed E-state index contributed by atoms with van der Waals surface area (Å²) in [5.74, 6) is 0. The molecule has 0 heterocycles. The molecule has 0 amide bonds. The second-order valence-electron chi connectivity index (χ2n) is 3.96. The molecule has 1 fully saturated rings. The van der Waals surface area contributed by atoms with Crippen LogP contribution in [-0.2, 0) is 4.74 Å². The molecule has 1 saturated carbocycles. The van der Waals surface area contributed by atoms with Crippen molar-refractivity contribution < 1.29 is 4.74 Å². The Bertz CT molecular complexity index is 308. The fraction of sp³-hybridized carbons (Fsp3) is 0.500. The number of benzene rings is 1. The van der Waals surface area contributed by atoms with Gasteiger partial charge in [0.15, 0.2) is 0 Å². The predicted molar refractivity (Wildman–Crippen MR) is 64.7 cm³/mol. The summed E-state index contributed by atoms with van der Waals surface area (Å²) in [5, 5.41) is 0. The maximum absolute atomic E-state index is 5.92. The summed E-state index contributed by atoms with van der Waals surface area (Å²) in [7, 11) is 0. The Morgan fingerprint density at radius 3 is 2.47 bits per heavy atom. The number of halogens is 1. The molecule has 1 unspecified atom stereocenters. The minimum atomic E-state index is 0.0587. The summed E-state index contributed by atoms with van der Waals surface area (Å²) < 4.78 is 7.01. The van der Waals surface area contributed by atoms with Crippen molar-refractivity contribution in [2.75, 3.05) is 6.54 Å². The molecule has 0 saturated heterocycles. The zero-order valence-corrected chi connectivity index (χ0v) is 10.2. The summed E-state index contributed by atoms with van der Waals surface area (Å²) in [6, 6.07) is 8.20. The van der Waals surface area contributed by atoms with Crippen LogP contribution in [0.5, 0.6) is 0 Å². The van der Waals surface area contributed by atoms with E-state index in [1.165, 1.54) is 24.8 Å². The van der Waals surface area contributed by atoms with Gasteiger partial charge in [0.1, 0.15) is 0 Å². The van der Waals surface area contributed by atoms with Crippen molar-refractivity contribution in [3.63, 3.8) is 0 Å². The van der Waals surface area contributed by atoms with Crippen molar-refractivity contribution in [1.82, 2.24) is 0 Å². The van der Waals surface area contributed by atoms with E-state index >= 15 is 0 Å². The zero-order chi connectivity index (χ0) is 10.7. The summed E-state index contributed by atoms with van der Waals surface area (Å²) in [6.07, 6.45) is 4.16. The van der Waals surface area contributed by atoms with Crippen molar-refractivity contribution in [2.45, 2.75) is 31.5 Å². The van der Waals surface area contributed by atoms with Crippen molar-refractivity contribution in [3.05, 3.63) is 34.3 Å². The van der Waals surface area contributed by atoms with E-state index in [9.17, 15) is 0 Å². The molecule has 3 heteroatoms. The highest BCUT2D eigenvalue weighted by molar-refractivity contribution is 9.10. The molecule has 1 aliphatic rings. The van der Waals surface area contributed by atoms with Gasteiger partial charge in [-0.25, -0.2) is 0 Å². The van der Waals surface area contributed by atoms with Gasteiger partial charge in [-0.3, -0.25) is 0 Å². The molecule has 1 aromatic rings. The highest BCUT2D eigenvalue weighted by atomic mass is 79.9. The molecule has 0 aromatic heterocycles. The standard InChI is InChI=1S/C12H16BrNO/c13-10-6-4-9(5-7-10)12(8-14)15-11-2-1-3-11/h4-7,11-12H,1-3,8,14H2. The Labute approximate surface area is 98.9 Å². The van der Waals surface area contributed by atoms with Gasteiger partial charge in [0.2, 0.25) is 0 Å². The lowest BCUT2D eigenvalue weighted by molar-refractivity contribution is -0.0487. The van der Waals surface area contributed by atoms with Crippen molar-refractivity contribution in [2.24, 2.45) is 5.73 Å².